The Balaban J connectivity index is 2.06. The average Bonchev–Trinajstić information content (AvgIpc) is 2.40. The predicted octanol–water partition coefficient (Wildman–Crippen LogP) is 3.27. The zero-order chi connectivity index (χ0) is 13.0. The third kappa shape index (κ3) is 3.34. The van der Waals surface area contributed by atoms with Gasteiger partial charge in [0, 0.05) is 16.5 Å². The fraction of sp³-hybridized carbons (Fsp3) is 0.143. The van der Waals surface area contributed by atoms with Crippen LogP contribution < -0.4 is 5.73 Å². The molecule has 1 unspecified atom stereocenters. The van der Waals surface area contributed by atoms with Crippen LogP contribution in [0.5, 0.6) is 0 Å². The topological polar surface area (TPSA) is 43.1 Å². The summed E-state index contributed by atoms with van der Waals surface area (Å²) in [6, 6.07) is 15.1. The van der Waals surface area contributed by atoms with Crippen molar-refractivity contribution in [1.29, 1.82) is 0 Å². The molecule has 0 saturated heterocycles. The van der Waals surface area contributed by atoms with E-state index in [9.17, 15) is 4.21 Å². The standard InChI is InChI=1S/C14H14ClNOS/c15-12-6-7-13(16)14(10-12)18(17)9-8-11-4-2-1-3-5-11/h1-7,10H,8-9,16H2. The maximum atomic E-state index is 12.2. The average molecular weight is 280 g/mol. The van der Waals surface area contributed by atoms with Crippen LogP contribution in [-0.4, -0.2) is 9.96 Å². The van der Waals surface area contributed by atoms with Gasteiger partial charge in [0.2, 0.25) is 0 Å². The minimum absolute atomic E-state index is 0.533. The molecule has 94 valence electrons. The van der Waals surface area contributed by atoms with Crippen molar-refractivity contribution >= 4 is 28.1 Å². The number of aryl methyl sites for hydroxylation is 1. The molecule has 0 saturated carbocycles. The Labute approximate surface area is 114 Å². The zero-order valence-corrected chi connectivity index (χ0v) is 11.4. The number of rotatable bonds is 4. The van der Waals surface area contributed by atoms with E-state index in [0.717, 1.165) is 6.42 Å². The lowest BCUT2D eigenvalue weighted by Crippen LogP contribution is -2.04. The molecule has 0 fully saturated rings. The number of hydrogen-bond donors (Lipinski definition) is 1. The van der Waals surface area contributed by atoms with Gasteiger partial charge in [-0.2, -0.15) is 0 Å². The Bertz CT molecular complexity index is 557. The molecule has 0 radical (unpaired) electrons. The summed E-state index contributed by atoms with van der Waals surface area (Å²) in [6.07, 6.45) is 0.763. The Hall–Kier alpha value is -1.32. The first-order valence-electron chi connectivity index (χ1n) is 5.64. The quantitative estimate of drug-likeness (QED) is 0.873. The van der Waals surface area contributed by atoms with E-state index in [1.807, 2.05) is 30.3 Å². The number of nitrogens with two attached hydrogens (primary N) is 1. The highest BCUT2D eigenvalue weighted by atomic mass is 35.5. The van der Waals surface area contributed by atoms with Gasteiger partial charge in [0.05, 0.1) is 15.7 Å². The second-order valence-electron chi connectivity index (χ2n) is 3.97. The summed E-state index contributed by atoms with van der Waals surface area (Å²) < 4.78 is 12.2. The van der Waals surface area contributed by atoms with E-state index in [1.54, 1.807) is 18.2 Å². The number of anilines is 1. The van der Waals surface area contributed by atoms with E-state index in [4.69, 9.17) is 17.3 Å². The van der Waals surface area contributed by atoms with E-state index in [-0.39, 0.29) is 0 Å². The van der Waals surface area contributed by atoms with Gasteiger partial charge >= 0.3 is 0 Å². The van der Waals surface area contributed by atoms with Crippen molar-refractivity contribution in [3.63, 3.8) is 0 Å². The van der Waals surface area contributed by atoms with Crippen LogP contribution in [0.15, 0.2) is 53.4 Å². The molecule has 2 aromatic rings. The second kappa shape index (κ2) is 6.03. The normalized spacial score (nSPS) is 12.3. The lowest BCUT2D eigenvalue weighted by molar-refractivity contribution is 0.682. The summed E-state index contributed by atoms with van der Waals surface area (Å²) in [4.78, 5) is 0.624. The second-order valence-corrected chi connectivity index (χ2v) is 5.94. The maximum Gasteiger partial charge on any atom is 0.0632 e. The van der Waals surface area contributed by atoms with Gasteiger partial charge in [-0.15, -0.1) is 0 Å². The van der Waals surface area contributed by atoms with Gasteiger partial charge in [-0.05, 0) is 30.2 Å². The summed E-state index contributed by atoms with van der Waals surface area (Å²) in [5.74, 6) is 0.550. The molecule has 4 heteroatoms. The molecule has 0 bridgehead atoms. The van der Waals surface area contributed by atoms with Crippen LogP contribution in [0.4, 0.5) is 5.69 Å². The van der Waals surface area contributed by atoms with Crippen LogP contribution in [-0.2, 0) is 17.2 Å². The molecule has 0 aliphatic carbocycles. The number of benzene rings is 2. The van der Waals surface area contributed by atoms with Crippen LogP contribution in [0, 0.1) is 0 Å². The first-order chi connectivity index (χ1) is 8.66. The number of halogens is 1. The Kier molecular flexibility index (Phi) is 4.39. The van der Waals surface area contributed by atoms with Gasteiger partial charge in [-0.25, -0.2) is 0 Å². The molecule has 0 amide bonds. The van der Waals surface area contributed by atoms with Crippen molar-refractivity contribution in [3.8, 4) is 0 Å². The van der Waals surface area contributed by atoms with Crippen LogP contribution >= 0.6 is 11.6 Å². The largest absolute Gasteiger partial charge is 0.398 e. The Morgan fingerprint density at radius 1 is 1.11 bits per heavy atom. The summed E-state index contributed by atoms with van der Waals surface area (Å²) in [7, 11) is -1.12. The smallest absolute Gasteiger partial charge is 0.0632 e. The molecule has 0 aliphatic rings. The van der Waals surface area contributed by atoms with Crippen molar-refractivity contribution in [2.45, 2.75) is 11.3 Å². The van der Waals surface area contributed by atoms with E-state index >= 15 is 0 Å². The molecule has 2 rings (SSSR count). The molecule has 0 spiro atoms. The van der Waals surface area contributed by atoms with Gasteiger partial charge in [0.1, 0.15) is 0 Å². The molecule has 2 N–H and O–H groups in total. The highest BCUT2D eigenvalue weighted by Crippen LogP contribution is 2.21. The highest BCUT2D eigenvalue weighted by Gasteiger charge is 2.08. The fourth-order valence-corrected chi connectivity index (χ4v) is 3.14. The number of hydrogen-bond acceptors (Lipinski definition) is 2. The van der Waals surface area contributed by atoms with Crippen LogP contribution in [0.1, 0.15) is 5.56 Å². The third-order valence-corrected chi connectivity index (χ3v) is 4.29. The Morgan fingerprint density at radius 2 is 1.83 bits per heavy atom. The van der Waals surface area contributed by atoms with E-state index in [0.29, 0.717) is 21.4 Å². The summed E-state index contributed by atoms with van der Waals surface area (Å²) in [5.41, 5.74) is 7.51. The molecule has 0 heterocycles. The lowest BCUT2D eigenvalue weighted by atomic mass is 10.2. The van der Waals surface area contributed by atoms with Crippen LogP contribution in [0.2, 0.25) is 5.02 Å². The molecular formula is C14H14ClNOS. The van der Waals surface area contributed by atoms with Gasteiger partial charge in [-0.3, -0.25) is 4.21 Å². The minimum atomic E-state index is -1.12. The zero-order valence-electron chi connectivity index (χ0n) is 9.80. The van der Waals surface area contributed by atoms with E-state index < -0.39 is 10.8 Å². The maximum absolute atomic E-state index is 12.2. The summed E-state index contributed by atoms with van der Waals surface area (Å²) in [5, 5.41) is 0.562. The molecule has 1 atom stereocenters. The molecule has 0 aromatic heterocycles. The SMILES string of the molecule is Nc1ccc(Cl)cc1S(=O)CCc1ccccc1. The highest BCUT2D eigenvalue weighted by molar-refractivity contribution is 7.85. The number of nitrogen functional groups attached to an aromatic ring is 1. The summed E-state index contributed by atoms with van der Waals surface area (Å²) in [6.45, 7) is 0. The molecule has 0 aliphatic heterocycles. The third-order valence-electron chi connectivity index (χ3n) is 2.64. The lowest BCUT2D eigenvalue weighted by Gasteiger charge is -2.06. The van der Waals surface area contributed by atoms with Gasteiger partial charge in [0.25, 0.3) is 0 Å². The van der Waals surface area contributed by atoms with Gasteiger partial charge in [-0.1, -0.05) is 41.9 Å². The van der Waals surface area contributed by atoms with Gasteiger partial charge in [0.15, 0.2) is 0 Å². The summed E-state index contributed by atoms with van der Waals surface area (Å²) >= 11 is 5.89. The Morgan fingerprint density at radius 3 is 2.56 bits per heavy atom. The van der Waals surface area contributed by atoms with Crippen molar-refractivity contribution in [1.82, 2.24) is 0 Å². The predicted molar refractivity (Wildman–Crippen MR) is 77.3 cm³/mol. The van der Waals surface area contributed by atoms with Crippen molar-refractivity contribution < 1.29 is 4.21 Å². The minimum Gasteiger partial charge on any atom is -0.398 e. The monoisotopic (exact) mass is 279 g/mol. The van der Waals surface area contributed by atoms with Gasteiger partial charge < -0.3 is 5.73 Å². The fourth-order valence-electron chi connectivity index (χ4n) is 1.67. The molecule has 18 heavy (non-hydrogen) atoms. The van der Waals surface area contributed by atoms with Crippen LogP contribution in [0.25, 0.3) is 0 Å². The van der Waals surface area contributed by atoms with E-state index in [2.05, 4.69) is 0 Å². The van der Waals surface area contributed by atoms with Crippen LogP contribution in [0.3, 0.4) is 0 Å². The molecule has 2 nitrogen and oxygen atoms in total. The van der Waals surface area contributed by atoms with Crippen molar-refractivity contribution in [2.24, 2.45) is 0 Å². The van der Waals surface area contributed by atoms with Crippen molar-refractivity contribution in [3.05, 3.63) is 59.1 Å². The van der Waals surface area contributed by atoms with E-state index in [1.165, 1.54) is 5.56 Å². The first kappa shape index (κ1) is 13.1. The molecular weight excluding hydrogens is 266 g/mol. The molecule has 2 aromatic carbocycles. The first-order valence-corrected chi connectivity index (χ1v) is 7.34. The van der Waals surface area contributed by atoms with Crippen molar-refractivity contribution in [2.75, 3.05) is 11.5 Å².